The van der Waals surface area contributed by atoms with Gasteiger partial charge in [0.25, 0.3) is 5.91 Å². The number of nitrogens with zero attached hydrogens (tertiary/aromatic N) is 5. The molecule has 1 amide bonds. The van der Waals surface area contributed by atoms with Gasteiger partial charge >= 0.3 is 0 Å². The lowest BCUT2D eigenvalue weighted by molar-refractivity contribution is 0.0950. The molecule has 0 aliphatic rings. The van der Waals surface area contributed by atoms with E-state index < -0.39 is 15.7 Å². The van der Waals surface area contributed by atoms with Crippen molar-refractivity contribution in [2.75, 3.05) is 12.0 Å². The van der Waals surface area contributed by atoms with Crippen molar-refractivity contribution in [3.63, 3.8) is 0 Å². The molecule has 0 unspecified atom stereocenters. The Morgan fingerprint density at radius 1 is 1.21 bits per heavy atom. The summed E-state index contributed by atoms with van der Waals surface area (Å²) >= 11 is 6.06. The summed E-state index contributed by atoms with van der Waals surface area (Å²) < 4.78 is 26.2. The van der Waals surface area contributed by atoms with E-state index in [-0.39, 0.29) is 29.2 Å². The lowest BCUT2D eigenvalue weighted by Crippen LogP contribution is -2.24. The molecule has 12 heteroatoms. The molecular weight excluding hydrogens is 526 g/mol. The van der Waals surface area contributed by atoms with Crippen LogP contribution in [0, 0.1) is 25.2 Å². The van der Waals surface area contributed by atoms with Crippen LogP contribution < -0.4 is 11.1 Å². The van der Waals surface area contributed by atoms with Gasteiger partial charge in [-0.05, 0) is 54.8 Å². The summed E-state index contributed by atoms with van der Waals surface area (Å²) in [7, 11) is -3.59. The molecule has 3 heterocycles. The molecule has 0 aliphatic carbocycles. The van der Waals surface area contributed by atoms with Crippen LogP contribution in [0.2, 0.25) is 5.02 Å². The molecular formula is C26H28ClN7O3S. The fourth-order valence-corrected chi connectivity index (χ4v) is 5.03. The van der Waals surface area contributed by atoms with Gasteiger partial charge in [0, 0.05) is 36.3 Å². The van der Waals surface area contributed by atoms with Crippen molar-refractivity contribution >= 4 is 44.1 Å². The predicted molar refractivity (Wildman–Crippen MR) is 147 cm³/mol. The number of nitrogens with one attached hydrogen (secondary N) is 1. The maximum absolute atomic E-state index is 12.9. The zero-order chi connectivity index (χ0) is 28.2. The number of nitriles is 1. The van der Waals surface area contributed by atoms with Crippen LogP contribution in [-0.4, -0.2) is 40.3 Å². The number of carbonyl (C=O) groups is 1. The van der Waals surface area contributed by atoms with E-state index in [1.54, 1.807) is 25.1 Å². The zero-order valence-corrected chi connectivity index (χ0v) is 23.3. The number of sulfone groups is 1. The van der Waals surface area contributed by atoms with Gasteiger partial charge in [0.05, 0.1) is 27.5 Å². The third-order valence-corrected chi connectivity index (χ3v) is 6.95. The first-order valence-electron chi connectivity index (χ1n) is 11.7. The summed E-state index contributed by atoms with van der Waals surface area (Å²) in [5, 5.41) is 17.5. The normalized spacial score (nSPS) is 11.0. The van der Waals surface area contributed by atoms with Gasteiger partial charge in [-0.3, -0.25) is 14.5 Å². The van der Waals surface area contributed by atoms with Gasteiger partial charge in [0.15, 0.2) is 15.5 Å². The molecule has 1 aromatic carbocycles. The van der Waals surface area contributed by atoms with Crippen LogP contribution >= 0.6 is 11.6 Å². The summed E-state index contributed by atoms with van der Waals surface area (Å²) in [6.45, 7) is 8.01. The lowest BCUT2D eigenvalue weighted by Gasteiger charge is -2.11. The molecule has 0 spiro atoms. The molecule has 3 N–H and O–H groups in total. The summed E-state index contributed by atoms with van der Waals surface area (Å²) in [6.07, 6.45) is 3.95. The fourth-order valence-electron chi connectivity index (χ4n) is 3.98. The largest absolute Gasteiger partial charge is 0.384 e. The number of aryl methyl sites for hydroxylation is 2. The SMILES string of the molecule is CC.Cc1cc(N)nc(C)c1CNC(=O)c1cn(Cc2cc(S(C)(=O)=O)c3ncc(Cl)cc3c2)nc1C#N. The first-order valence-corrected chi connectivity index (χ1v) is 14.0. The number of benzene rings is 1. The Labute approximate surface area is 226 Å². The van der Waals surface area contributed by atoms with E-state index in [1.807, 2.05) is 26.8 Å². The summed E-state index contributed by atoms with van der Waals surface area (Å²) in [6, 6.07) is 8.54. The molecule has 4 rings (SSSR count). The summed E-state index contributed by atoms with van der Waals surface area (Å²) in [5.41, 5.74) is 9.14. The highest BCUT2D eigenvalue weighted by Gasteiger charge is 2.19. The van der Waals surface area contributed by atoms with Crippen molar-refractivity contribution in [2.24, 2.45) is 0 Å². The van der Waals surface area contributed by atoms with Crippen molar-refractivity contribution in [1.82, 2.24) is 25.1 Å². The Kier molecular flexibility index (Phi) is 8.70. The van der Waals surface area contributed by atoms with Crippen LogP contribution in [0.15, 0.2) is 41.6 Å². The highest BCUT2D eigenvalue weighted by Crippen LogP contribution is 2.26. The van der Waals surface area contributed by atoms with Crippen LogP contribution in [0.25, 0.3) is 10.9 Å². The van der Waals surface area contributed by atoms with Gasteiger partial charge < -0.3 is 11.1 Å². The molecule has 38 heavy (non-hydrogen) atoms. The number of carbonyl (C=O) groups excluding carboxylic acids is 1. The molecule has 4 aromatic rings. The number of fused-ring (bicyclic) bond motifs is 1. The van der Waals surface area contributed by atoms with E-state index in [2.05, 4.69) is 20.4 Å². The van der Waals surface area contributed by atoms with Crippen LogP contribution in [-0.2, 0) is 22.9 Å². The van der Waals surface area contributed by atoms with Gasteiger partial charge in [0.2, 0.25) is 0 Å². The second-order valence-electron chi connectivity index (χ2n) is 8.40. The topological polar surface area (TPSA) is 157 Å². The van der Waals surface area contributed by atoms with Crippen LogP contribution in [0.3, 0.4) is 0 Å². The number of nitrogen functional groups attached to an aromatic ring is 1. The smallest absolute Gasteiger partial charge is 0.256 e. The molecule has 0 saturated heterocycles. The van der Waals surface area contributed by atoms with E-state index in [4.69, 9.17) is 17.3 Å². The molecule has 0 saturated carbocycles. The monoisotopic (exact) mass is 553 g/mol. The second kappa shape index (κ2) is 11.6. The Hall–Kier alpha value is -4.01. The molecule has 0 aliphatic heterocycles. The standard InChI is InChI=1S/C24H22ClN7O3S.C2H6/c1-13-4-22(27)30-14(2)18(13)10-29-24(33)19-12-32(31-20(19)8-26)11-15-5-16-7-17(25)9-28-23(16)21(6-15)36(3,34)35;1-2/h4-7,9,12H,10-11H2,1-3H3,(H2,27,30)(H,29,33);1-2H3. The van der Waals surface area contributed by atoms with Crippen molar-refractivity contribution in [2.45, 2.75) is 45.7 Å². The third kappa shape index (κ3) is 6.27. The minimum absolute atomic E-state index is 0.0507. The van der Waals surface area contributed by atoms with Gasteiger partial charge in [0.1, 0.15) is 11.9 Å². The first-order chi connectivity index (χ1) is 18.0. The van der Waals surface area contributed by atoms with Crippen molar-refractivity contribution in [3.05, 3.63) is 75.3 Å². The van der Waals surface area contributed by atoms with Crippen LogP contribution in [0.5, 0.6) is 0 Å². The quantitative estimate of drug-likeness (QED) is 0.363. The molecule has 0 bridgehead atoms. The van der Waals surface area contributed by atoms with Crippen LogP contribution in [0.1, 0.15) is 52.3 Å². The van der Waals surface area contributed by atoms with E-state index in [9.17, 15) is 18.5 Å². The highest BCUT2D eigenvalue weighted by atomic mass is 35.5. The molecule has 3 aromatic heterocycles. The Morgan fingerprint density at radius 3 is 2.55 bits per heavy atom. The van der Waals surface area contributed by atoms with E-state index in [0.717, 1.165) is 17.4 Å². The summed E-state index contributed by atoms with van der Waals surface area (Å²) in [4.78, 5) is 21.3. The minimum Gasteiger partial charge on any atom is -0.384 e. The average Bonchev–Trinajstić information content (AvgIpc) is 3.26. The number of anilines is 1. The van der Waals surface area contributed by atoms with Crippen molar-refractivity contribution in [1.29, 1.82) is 5.26 Å². The number of hydrogen-bond acceptors (Lipinski definition) is 8. The van der Waals surface area contributed by atoms with E-state index in [1.165, 1.54) is 23.1 Å². The Balaban J connectivity index is 0.00000195. The summed E-state index contributed by atoms with van der Waals surface area (Å²) in [5.74, 6) is -0.0707. The number of rotatable bonds is 6. The number of halogens is 1. The molecule has 0 radical (unpaired) electrons. The number of aromatic nitrogens is 4. The highest BCUT2D eigenvalue weighted by molar-refractivity contribution is 7.91. The molecule has 0 atom stereocenters. The van der Waals surface area contributed by atoms with E-state index >= 15 is 0 Å². The zero-order valence-electron chi connectivity index (χ0n) is 21.7. The van der Waals surface area contributed by atoms with Gasteiger partial charge in [-0.25, -0.2) is 13.4 Å². The lowest BCUT2D eigenvalue weighted by atomic mass is 10.1. The molecule has 0 fully saturated rings. The number of amides is 1. The maximum Gasteiger partial charge on any atom is 0.256 e. The first kappa shape index (κ1) is 28.6. The Bertz CT molecular complexity index is 1650. The average molecular weight is 554 g/mol. The van der Waals surface area contributed by atoms with Gasteiger partial charge in [-0.15, -0.1) is 0 Å². The number of nitrogens with two attached hydrogens (primary N) is 1. The van der Waals surface area contributed by atoms with Crippen LogP contribution in [0.4, 0.5) is 5.82 Å². The van der Waals surface area contributed by atoms with E-state index in [0.29, 0.717) is 33.0 Å². The van der Waals surface area contributed by atoms with Gasteiger partial charge in [-0.1, -0.05) is 25.4 Å². The Morgan fingerprint density at radius 2 is 1.92 bits per heavy atom. The number of pyridine rings is 2. The second-order valence-corrected chi connectivity index (χ2v) is 10.8. The fraction of sp³-hybridized carbons (Fsp3) is 0.269. The number of hydrogen-bond donors (Lipinski definition) is 2. The van der Waals surface area contributed by atoms with Crippen molar-refractivity contribution < 1.29 is 13.2 Å². The van der Waals surface area contributed by atoms with Crippen molar-refractivity contribution in [3.8, 4) is 6.07 Å². The van der Waals surface area contributed by atoms with Gasteiger partial charge in [-0.2, -0.15) is 10.4 Å². The third-order valence-electron chi connectivity index (χ3n) is 5.63. The predicted octanol–water partition coefficient (Wildman–Crippen LogP) is 3.96. The maximum atomic E-state index is 12.9. The molecule has 198 valence electrons. The minimum atomic E-state index is -3.59. The molecule has 10 nitrogen and oxygen atoms in total.